The largest absolute Gasteiger partial charge is 0.374 e. The number of carbonyl (C=O) groups is 1. The van der Waals surface area contributed by atoms with Gasteiger partial charge in [-0.05, 0) is 18.4 Å². The van der Waals surface area contributed by atoms with E-state index in [9.17, 15) is 4.79 Å². The van der Waals surface area contributed by atoms with Crippen molar-refractivity contribution >= 4 is 5.91 Å². The quantitative estimate of drug-likeness (QED) is 0.604. The van der Waals surface area contributed by atoms with Crippen LogP contribution >= 0.6 is 0 Å². The molecular weight excluding hydrogens is 344 g/mol. The monoisotopic (exact) mass is 378 g/mol. The van der Waals surface area contributed by atoms with E-state index in [2.05, 4.69) is 19.2 Å². The van der Waals surface area contributed by atoms with E-state index in [0.717, 1.165) is 44.6 Å². The maximum Gasteiger partial charge on any atom is 0.248 e. The van der Waals surface area contributed by atoms with Crippen LogP contribution in [-0.4, -0.2) is 69.0 Å². The molecular formula is C21H34N2O4. The first-order valence-electron chi connectivity index (χ1n) is 10.1. The molecule has 2 atom stereocenters. The minimum absolute atomic E-state index is 0.00319. The molecule has 0 spiro atoms. The fourth-order valence-corrected chi connectivity index (χ4v) is 3.12. The zero-order valence-corrected chi connectivity index (χ0v) is 16.7. The normalized spacial score (nSPS) is 19.8. The van der Waals surface area contributed by atoms with Crippen molar-refractivity contribution in [2.45, 2.75) is 45.5 Å². The third kappa shape index (κ3) is 8.39. The molecule has 27 heavy (non-hydrogen) atoms. The summed E-state index contributed by atoms with van der Waals surface area (Å²) in [6.07, 6.45) is 1.88. The van der Waals surface area contributed by atoms with Crippen molar-refractivity contribution in [3.8, 4) is 0 Å². The van der Waals surface area contributed by atoms with E-state index >= 15 is 0 Å². The zero-order chi connectivity index (χ0) is 19.3. The van der Waals surface area contributed by atoms with Crippen LogP contribution in [0.1, 0.15) is 32.3 Å². The van der Waals surface area contributed by atoms with Gasteiger partial charge in [-0.1, -0.05) is 44.2 Å². The fourth-order valence-electron chi connectivity index (χ4n) is 3.12. The van der Waals surface area contributed by atoms with E-state index in [1.165, 1.54) is 0 Å². The molecule has 1 amide bonds. The first-order valence-corrected chi connectivity index (χ1v) is 10.1. The maximum atomic E-state index is 12.2. The minimum Gasteiger partial charge on any atom is -0.374 e. The lowest BCUT2D eigenvalue weighted by Gasteiger charge is -2.31. The Bertz CT molecular complexity index is 520. The van der Waals surface area contributed by atoms with Crippen molar-refractivity contribution in [2.75, 3.05) is 46.0 Å². The average molecular weight is 379 g/mol. The summed E-state index contributed by atoms with van der Waals surface area (Å²) in [4.78, 5) is 14.1. The van der Waals surface area contributed by atoms with Crippen LogP contribution in [0.25, 0.3) is 0 Å². The summed E-state index contributed by atoms with van der Waals surface area (Å²) in [5, 5.41) is 3.35. The van der Waals surface area contributed by atoms with Crippen LogP contribution in [0, 0.1) is 0 Å². The Labute approximate surface area is 163 Å². The van der Waals surface area contributed by atoms with Crippen molar-refractivity contribution in [2.24, 2.45) is 0 Å². The average Bonchev–Trinajstić information content (AvgIpc) is 2.69. The number of morpholine rings is 1. The summed E-state index contributed by atoms with van der Waals surface area (Å²) in [6, 6.07) is 10.1. The van der Waals surface area contributed by atoms with E-state index in [-0.39, 0.29) is 24.7 Å². The van der Waals surface area contributed by atoms with Gasteiger partial charge in [-0.3, -0.25) is 4.79 Å². The Kier molecular flexibility index (Phi) is 10.4. The molecule has 1 saturated heterocycles. The third-order valence-electron chi connectivity index (χ3n) is 4.41. The molecule has 0 bridgehead atoms. The van der Waals surface area contributed by atoms with E-state index in [1.54, 1.807) is 0 Å². The molecule has 0 aliphatic carbocycles. The number of ether oxygens (including phenoxy) is 3. The van der Waals surface area contributed by atoms with Gasteiger partial charge >= 0.3 is 0 Å². The lowest BCUT2D eigenvalue weighted by atomic mass is 10.2. The Balaban J connectivity index is 1.63. The van der Waals surface area contributed by atoms with Gasteiger partial charge in [-0.15, -0.1) is 0 Å². The summed E-state index contributed by atoms with van der Waals surface area (Å²) < 4.78 is 17.4. The summed E-state index contributed by atoms with van der Waals surface area (Å²) in [5.74, 6) is 0.0604. The van der Waals surface area contributed by atoms with Crippen LogP contribution in [0.15, 0.2) is 30.3 Å². The summed E-state index contributed by atoms with van der Waals surface area (Å²) in [7, 11) is 0. The molecule has 1 aliphatic heterocycles. The first kappa shape index (κ1) is 21.8. The highest BCUT2D eigenvalue weighted by Crippen LogP contribution is 2.08. The van der Waals surface area contributed by atoms with Gasteiger partial charge in [0.2, 0.25) is 5.91 Å². The molecule has 0 aromatic heterocycles. The molecule has 6 heteroatoms. The van der Waals surface area contributed by atoms with E-state index in [0.29, 0.717) is 19.8 Å². The molecule has 1 N–H and O–H groups in total. The van der Waals surface area contributed by atoms with Crippen molar-refractivity contribution in [1.29, 1.82) is 0 Å². The van der Waals surface area contributed by atoms with E-state index in [4.69, 9.17) is 14.2 Å². The second-order valence-electron chi connectivity index (χ2n) is 6.93. The van der Waals surface area contributed by atoms with Crippen LogP contribution in [-0.2, 0) is 25.6 Å². The highest BCUT2D eigenvalue weighted by Gasteiger charge is 2.23. The Hall–Kier alpha value is -1.47. The highest BCUT2D eigenvalue weighted by molar-refractivity contribution is 5.77. The predicted octanol–water partition coefficient (Wildman–Crippen LogP) is 2.23. The number of rotatable bonds is 12. The second-order valence-corrected chi connectivity index (χ2v) is 6.93. The summed E-state index contributed by atoms with van der Waals surface area (Å²) in [6.45, 7) is 8.91. The number of nitrogens with one attached hydrogen (secondary N) is 1. The number of hydrogen-bond acceptors (Lipinski definition) is 5. The summed E-state index contributed by atoms with van der Waals surface area (Å²) in [5.41, 5.74) is 1.16. The van der Waals surface area contributed by atoms with Gasteiger partial charge in [0.25, 0.3) is 0 Å². The molecule has 6 nitrogen and oxygen atoms in total. The molecule has 1 heterocycles. The van der Waals surface area contributed by atoms with E-state index < -0.39 is 0 Å². The summed E-state index contributed by atoms with van der Waals surface area (Å²) >= 11 is 0. The molecule has 1 aromatic carbocycles. The van der Waals surface area contributed by atoms with Crippen molar-refractivity contribution in [3.05, 3.63) is 35.9 Å². The van der Waals surface area contributed by atoms with Gasteiger partial charge in [-0.25, -0.2) is 0 Å². The van der Waals surface area contributed by atoms with Crippen LogP contribution in [0.4, 0.5) is 0 Å². The Morgan fingerprint density at radius 3 is 2.33 bits per heavy atom. The van der Waals surface area contributed by atoms with Crippen molar-refractivity contribution in [1.82, 2.24) is 10.2 Å². The lowest BCUT2D eigenvalue weighted by molar-refractivity contribution is -0.140. The lowest BCUT2D eigenvalue weighted by Crippen LogP contribution is -2.48. The number of amides is 1. The van der Waals surface area contributed by atoms with Gasteiger partial charge in [0.05, 0.1) is 32.0 Å². The van der Waals surface area contributed by atoms with Gasteiger partial charge < -0.3 is 24.4 Å². The van der Waals surface area contributed by atoms with Gasteiger partial charge in [0.1, 0.15) is 6.61 Å². The molecule has 1 fully saturated rings. The van der Waals surface area contributed by atoms with Crippen LogP contribution < -0.4 is 5.32 Å². The topological polar surface area (TPSA) is 60.0 Å². The number of benzene rings is 1. The van der Waals surface area contributed by atoms with Gasteiger partial charge in [-0.2, -0.15) is 0 Å². The van der Waals surface area contributed by atoms with Crippen LogP contribution in [0.3, 0.4) is 0 Å². The number of carbonyl (C=O) groups excluding carboxylic acids is 1. The van der Waals surface area contributed by atoms with Crippen LogP contribution in [0.2, 0.25) is 0 Å². The Morgan fingerprint density at radius 1 is 1.07 bits per heavy atom. The molecule has 2 unspecified atom stereocenters. The standard InChI is InChI=1S/C21H34N2O4/c1-3-10-23(11-4-2)21(24)17-26-16-20-13-22-12-19(27-20)15-25-14-18-8-6-5-7-9-18/h5-9,19-20,22H,3-4,10-17H2,1-2H3. The zero-order valence-electron chi connectivity index (χ0n) is 16.7. The molecule has 1 aliphatic rings. The SMILES string of the molecule is CCCN(CCC)C(=O)COCC1CNCC(COCc2ccccc2)O1. The fraction of sp³-hybridized carbons (Fsp3) is 0.667. The third-order valence-corrected chi connectivity index (χ3v) is 4.41. The maximum absolute atomic E-state index is 12.2. The van der Waals surface area contributed by atoms with E-state index in [1.807, 2.05) is 35.2 Å². The molecule has 2 rings (SSSR count). The van der Waals surface area contributed by atoms with Crippen molar-refractivity contribution < 1.29 is 19.0 Å². The second kappa shape index (κ2) is 12.8. The van der Waals surface area contributed by atoms with Crippen LogP contribution in [0.5, 0.6) is 0 Å². The van der Waals surface area contributed by atoms with Crippen molar-refractivity contribution in [3.63, 3.8) is 0 Å². The molecule has 152 valence electrons. The minimum atomic E-state index is -0.0531. The smallest absolute Gasteiger partial charge is 0.248 e. The molecule has 1 aromatic rings. The highest BCUT2D eigenvalue weighted by atomic mass is 16.6. The van der Waals surface area contributed by atoms with Gasteiger partial charge in [0, 0.05) is 26.2 Å². The number of nitrogens with zero attached hydrogens (tertiary/aromatic N) is 1. The first-order chi connectivity index (χ1) is 13.2. The molecule has 0 radical (unpaired) electrons. The predicted molar refractivity (Wildman–Crippen MR) is 106 cm³/mol. The molecule has 0 saturated carbocycles. The Morgan fingerprint density at radius 2 is 1.70 bits per heavy atom. The number of hydrogen-bond donors (Lipinski definition) is 1. The van der Waals surface area contributed by atoms with Gasteiger partial charge in [0.15, 0.2) is 0 Å².